The van der Waals surface area contributed by atoms with Crippen LogP contribution in [0, 0.1) is 6.92 Å². The average molecular weight is 365 g/mol. The number of hydrogen-bond donors (Lipinski definition) is 1. The highest BCUT2D eigenvalue weighted by molar-refractivity contribution is 5.16. The van der Waals surface area contributed by atoms with Gasteiger partial charge in [0.05, 0.1) is 24.2 Å². The molecule has 0 atom stereocenters. The number of hydrogen-bond acceptors (Lipinski definition) is 4. The van der Waals surface area contributed by atoms with Crippen LogP contribution in [-0.4, -0.2) is 47.8 Å². The molecule has 3 heterocycles. The molecular formula is C21H27N5O. The lowest BCUT2D eigenvalue weighted by Crippen LogP contribution is -2.46. The maximum atomic E-state index is 11.0. The number of aromatic nitrogens is 4. The number of nitrogens with zero attached hydrogens (tertiary/aromatic N) is 5. The van der Waals surface area contributed by atoms with Crippen molar-refractivity contribution < 1.29 is 5.11 Å². The maximum Gasteiger partial charge on any atom is 0.105 e. The van der Waals surface area contributed by atoms with Crippen LogP contribution in [-0.2, 0) is 19.6 Å². The summed E-state index contributed by atoms with van der Waals surface area (Å²) in [6.45, 7) is 6.09. The van der Waals surface area contributed by atoms with E-state index in [1.165, 1.54) is 11.3 Å². The molecule has 6 nitrogen and oxygen atoms in total. The largest absolute Gasteiger partial charge is 0.388 e. The van der Waals surface area contributed by atoms with E-state index < -0.39 is 5.60 Å². The van der Waals surface area contributed by atoms with Gasteiger partial charge in [-0.15, -0.1) is 0 Å². The first-order chi connectivity index (χ1) is 13.1. The van der Waals surface area contributed by atoms with Gasteiger partial charge in [0.2, 0.25) is 0 Å². The molecule has 0 saturated carbocycles. The fourth-order valence-corrected chi connectivity index (χ4v) is 3.80. The predicted octanol–water partition coefficient (Wildman–Crippen LogP) is 2.46. The van der Waals surface area contributed by atoms with Crippen molar-refractivity contribution in [3.8, 4) is 0 Å². The van der Waals surface area contributed by atoms with Crippen molar-refractivity contribution in [2.24, 2.45) is 0 Å². The zero-order chi connectivity index (χ0) is 18.7. The van der Waals surface area contributed by atoms with Gasteiger partial charge in [0.1, 0.15) is 5.82 Å². The Kier molecular flexibility index (Phi) is 5.09. The lowest BCUT2D eigenvalue weighted by molar-refractivity contribution is -0.0364. The molecule has 4 rings (SSSR count). The summed E-state index contributed by atoms with van der Waals surface area (Å²) in [5.74, 6) is 0.954. The molecule has 1 aliphatic rings. The van der Waals surface area contributed by atoms with Gasteiger partial charge in [-0.3, -0.25) is 4.90 Å². The third kappa shape index (κ3) is 4.28. The molecule has 3 aromatic rings. The monoisotopic (exact) mass is 365 g/mol. The fraction of sp³-hybridized carbons (Fsp3) is 0.429. The highest BCUT2D eigenvalue weighted by Crippen LogP contribution is 2.25. The van der Waals surface area contributed by atoms with E-state index in [0.29, 0.717) is 6.54 Å². The molecule has 6 heteroatoms. The van der Waals surface area contributed by atoms with E-state index in [-0.39, 0.29) is 0 Å². The molecule has 0 aliphatic carbocycles. The van der Waals surface area contributed by atoms with E-state index in [1.54, 1.807) is 6.20 Å². The second-order valence-corrected chi connectivity index (χ2v) is 7.60. The van der Waals surface area contributed by atoms with Crippen LogP contribution in [0.15, 0.2) is 55.2 Å². The van der Waals surface area contributed by atoms with E-state index in [4.69, 9.17) is 0 Å². The Bertz CT molecular complexity index is 862. The Labute approximate surface area is 160 Å². The molecule has 0 unspecified atom stereocenters. The Morgan fingerprint density at radius 2 is 1.85 bits per heavy atom. The van der Waals surface area contributed by atoms with Crippen molar-refractivity contribution in [1.82, 2.24) is 24.0 Å². The minimum Gasteiger partial charge on any atom is -0.388 e. The minimum atomic E-state index is -0.647. The van der Waals surface area contributed by atoms with Crippen molar-refractivity contribution in [2.45, 2.75) is 45.0 Å². The van der Waals surface area contributed by atoms with Crippen molar-refractivity contribution in [3.63, 3.8) is 0 Å². The molecule has 0 amide bonds. The van der Waals surface area contributed by atoms with Crippen molar-refractivity contribution in [1.29, 1.82) is 0 Å². The first-order valence-corrected chi connectivity index (χ1v) is 9.57. The lowest BCUT2D eigenvalue weighted by Gasteiger charge is -2.38. The van der Waals surface area contributed by atoms with Gasteiger partial charge in [-0.1, -0.05) is 30.3 Å². The van der Waals surface area contributed by atoms with Gasteiger partial charge in [-0.2, -0.15) is 0 Å². The standard InChI is InChI=1S/C21H27N5O/c1-18-23-9-12-25(18)16-21(27)7-10-24(11-8-21)15-20-13-22-17-26(20)14-19-5-3-2-4-6-19/h2-6,9,12-13,17,27H,7-8,10-11,14-16H2,1H3. The number of imidazole rings is 2. The van der Waals surface area contributed by atoms with Gasteiger partial charge in [-0.05, 0) is 25.3 Å². The van der Waals surface area contributed by atoms with Gasteiger partial charge in [-0.25, -0.2) is 9.97 Å². The van der Waals surface area contributed by atoms with Crippen LogP contribution in [0.1, 0.15) is 29.9 Å². The van der Waals surface area contributed by atoms with Crippen molar-refractivity contribution in [2.75, 3.05) is 13.1 Å². The van der Waals surface area contributed by atoms with Crippen LogP contribution in [0.2, 0.25) is 0 Å². The van der Waals surface area contributed by atoms with E-state index >= 15 is 0 Å². The molecule has 0 bridgehead atoms. The smallest absolute Gasteiger partial charge is 0.105 e. The summed E-state index contributed by atoms with van der Waals surface area (Å²) in [5, 5.41) is 11.0. The summed E-state index contributed by atoms with van der Waals surface area (Å²) >= 11 is 0. The third-order valence-electron chi connectivity index (χ3n) is 5.55. The second-order valence-electron chi connectivity index (χ2n) is 7.60. The zero-order valence-corrected chi connectivity index (χ0v) is 15.8. The molecule has 1 fully saturated rings. The quantitative estimate of drug-likeness (QED) is 0.729. The van der Waals surface area contributed by atoms with Gasteiger partial charge in [0.15, 0.2) is 0 Å². The zero-order valence-electron chi connectivity index (χ0n) is 15.8. The molecule has 1 aliphatic heterocycles. The van der Waals surface area contributed by atoms with E-state index in [9.17, 15) is 5.11 Å². The minimum absolute atomic E-state index is 0.624. The van der Waals surface area contributed by atoms with Crippen LogP contribution in [0.3, 0.4) is 0 Å². The van der Waals surface area contributed by atoms with Gasteiger partial charge in [0.25, 0.3) is 0 Å². The second kappa shape index (κ2) is 7.66. The molecule has 27 heavy (non-hydrogen) atoms. The molecule has 0 radical (unpaired) electrons. The van der Waals surface area contributed by atoms with Crippen molar-refractivity contribution in [3.05, 3.63) is 72.3 Å². The van der Waals surface area contributed by atoms with Crippen LogP contribution in [0.4, 0.5) is 0 Å². The Morgan fingerprint density at radius 3 is 2.56 bits per heavy atom. The first kappa shape index (κ1) is 17.9. The summed E-state index contributed by atoms with van der Waals surface area (Å²) < 4.78 is 4.26. The van der Waals surface area contributed by atoms with E-state index in [0.717, 1.165) is 44.8 Å². The molecular weight excluding hydrogens is 338 g/mol. The summed E-state index contributed by atoms with van der Waals surface area (Å²) in [7, 11) is 0. The normalized spacial score (nSPS) is 17.3. The van der Waals surface area contributed by atoms with E-state index in [1.807, 2.05) is 36.3 Å². The molecule has 142 valence electrons. The Hall–Kier alpha value is -2.44. The number of rotatable bonds is 6. The molecule has 2 aromatic heterocycles. The van der Waals surface area contributed by atoms with Gasteiger partial charge in [0, 0.05) is 44.8 Å². The number of likely N-dealkylation sites (tertiary alicyclic amines) is 1. The highest BCUT2D eigenvalue weighted by atomic mass is 16.3. The third-order valence-corrected chi connectivity index (χ3v) is 5.55. The maximum absolute atomic E-state index is 11.0. The highest BCUT2D eigenvalue weighted by Gasteiger charge is 2.33. The number of piperidine rings is 1. The number of aryl methyl sites for hydroxylation is 1. The number of aliphatic hydroxyl groups is 1. The summed E-state index contributed by atoms with van der Waals surface area (Å²) in [5.41, 5.74) is 1.85. The van der Waals surface area contributed by atoms with Crippen molar-refractivity contribution >= 4 is 0 Å². The molecule has 1 N–H and O–H groups in total. The fourth-order valence-electron chi connectivity index (χ4n) is 3.80. The SMILES string of the molecule is Cc1nccn1CC1(O)CCN(Cc2cncn2Cc2ccccc2)CC1. The number of benzene rings is 1. The van der Waals surface area contributed by atoms with Gasteiger partial charge < -0.3 is 14.2 Å². The first-order valence-electron chi connectivity index (χ1n) is 9.57. The average Bonchev–Trinajstić information content (AvgIpc) is 3.27. The molecule has 1 aromatic carbocycles. The summed E-state index contributed by atoms with van der Waals surface area (Å²) in [6, 6.07) is 10.5. The van der Waals surface area contributed by atoms with Crippen LogP contribution >= 0.6 is 0 Å². The van der Waals surface area contributed by atoms with Crippen LogP contribution in [0.5, 0.6) is 0 Å². The van der Waals surface area contributed by atoms with Crippen LogP contribution < -0.4 is 0 Å². The summed E-state index contributed by atoms with van der Waals surface area (Å²) in [4.78, 5) is 11.0. The Morgan fingerprint density at radius 1 is 1.07 bits per heavy atom. The molecule has 0 spiro atoms. The summed E-state index contributed by atoms with van der Waals surface area (Å²) in [6.07, 6.45) is 9.15. The van der Waals surface area contributed by atoms with E-state index in [2.05, 4.69) is 43.7 Å². The van der Waals surface area contributed by atoms with Crippen LogP contribution in [0.25, 0.3) is 0 Å². The topological polar surface area (TPSA) is 59.1 Å². The lowest BCUT2D eigenvalue weighted by atomic mass is 9.91. The predicted molar refractivity (Wildman–Crippen MR) is 104 cm³/mol. The molecule has 1 saturated heterocycles. The Balaban J connectivity index is 1.35. The van der Waals surface area contributed by atoms with Gasteiger partial charge >= 0.3 is 0 Å².